The quantitative estimate of drug-likeness (QED) is 0.831. The summed E-state index contributed by atoms with van der Waals surface area (Å²) in [4.78, 5) is 26.5. The molecule has 2 N–H and O–H groups in total. The van der Waals surface area contributed by atoms with Gasteiger partial charge in [-0.15, -0.1) is 11.3 Å². The van der Waals surface area contributed by atoms with Gasteiger partial charge in [0.2, 0.25) is 0 Å². The summed E-state index contributed by atoms with van der Waals surface area (Å²) in [5.41, 5.74) is 0.408. The number of nitrogens with zero attached hydrogens (tertiary/aromatic N) is 1. The molecule has 1 aromatic heterocycles. The Morgan fingerprint density at radius 2 is 2.11 bits per heavy atom. The van der Waals surface area contributed by atoms with Crippen LogP contribution in [0.15, 0.2) is 5.38 Å². The normalized spacial score (nSPS) is 12.4. The van der Waals surface area contributed by atoms with Gasteiger partial charge in [0.05, 0.1) is 5.01 Å². The number of carboxylic acids is 1. The number of nitrogens with one attached hydrogen (secondary N) is 1. The average Bonchev–Trinajstić information content (AvgIpc) is 2.75. The van der Waals surface area contributed by atoms with E-state index in [9.17, 15) is 9.59 Å². The van der Waals surface area contributed by atoms with Crippen LogP contribution in [0, 0.1) is 0 Å². The van der Waals surface area contributed by atoms with Crippen LogP contribution < -0.4 is 5.32 Å². The summed E-state index contributed by atoms with van der Waals surface area (Å²) in [5.74, 6) is -0.788. The average molecular weight is 270 g/mol. The number of rotatable bonds is 6. The first-order valence-corrected chi connectivity index (χ1v) is 6.76. The minimum Gasteiger partial charge on any atom is -0.481 e. The van der Waals surface area contributed by atoms with Crippen molar-refractivity contribution in [1.82, 2.24) is 10.3 Å². The third-order valence-electron chi connectivity index (χ3n) is 2.42. The minimum absolute atomic E-state index is 0.0513. The van der Waals surface area contributed by atoms with E-state index in [0.717, 1.165) is 5.01 Å². The number of amides is 1. The fourth-order valence-corrected chi connectivity index (χ4v) is 2.18. The van der Waals surface area contributed by atoms with Gasteiger partial charge in [0.25, 0.3) is 5.91 Å². The molecule has 0 saturated carbocycles. The molecule has 6 heteroatoms. The van der Waals surface area contributed by atoms with Crippen molar-refractivity contribution in [2.45, 2.75) is 45.6 Å². The zero-order valence-electron chi connectivity index (χ0n) is 10.8. The van der Waals surface area contributed by atoms with Crippen molar-refractivity contribution in [3.63, 3.8) is 0 Å². The second-order valence-corrected chi connectivity index (χ2v) is 5.42. The number of carbonyl (C=O) groups is 2. The van der Waals surface area contributed by atoms with E-state index in [-0.39, 0.29) is 18.4 Å². The van der Waals surface area contributed by atoms with E-state index in [4.69, 9.17) is 5.11 Å². The van der Waals surface area contributed by atoms with Crippen molar-refractivity contribution in [2.24, 2.45) is 0 Å². The summed E-state index contributed by atoms with van der Waals surface area (Å²) in [5, 5.41) is 14.0. The molecule has 1 atom stereocenters. The van der Waals surface area contributed by atoms with Crippen molar-refractivity contribution in [3.05, 3.63) is 16.1 Å². The van der Waals surface area contributed by atoms with Gasteiger partial charge < -0.3 is 10.4 Å². The third-order valence-corrected chi connectivity index (χ3v) is 3.56. The molecule has 0 aliphatic carbocycles. The lowest BCUT2D eigenvalue weighted by molar-refractivity contribution is -0.137. The molecule has 0 radical (unpaired) electrons. The molecule has 1 heterocycles. The maximum atomic E-state index is 11.8. The second kappa shape index (κ2) is 6.49. The predicted octanol–water partition coefficient (Wildman–Crippen LogP) is 2.25. The Kier molecular flexibility index (Phi) is 5.27. The summed E-state index contributed by atoms with van der Waals surface area (Å²) < 4.78 is 0. The van der Waals surface area contributed by atoms with Crippen LogP contribution in [0.2, 0.25) is 0 Å². The summed E-state index contributed by atoms with van der Waals surface area (Å²) >= 11 is 1.47. The Balaban J connectivity index is 2.51. The molecule has 18 heavy (non-hydrogen) atoms. The first-order valence-electron chi connectivity index (χ1n) is 5.88. The highest BCUT2D eigenvalue weighted by Crippen LogP contribution is 2.19. The molecule has 0 spiro atoms. The van der Waals surface area contributed by atoms with E-state index in [1.165, 1.54) is 11.3 Å². The van der Waals surface area contributed by atoms with E-state index in [2.05, 4.69) is 10.3 Å². The molecule has 5 nitrogen and oxygen atoms in total. The lowest BCUT2D eigenvalue weighted by Gasteiger charge is -2.11. The highest BCUT2D eigenvalue weighted by Gasteiger charge is 2.15. The predicted molar refractivity (Wildman–Crippen MR) is 70.0 cm³/mol. The maximum Gasteiger partial charge on any atom is 0.303 e. The Hall–Kier alpha value is -1.43. The summed E-state index contributed by atoms with van der Waals surface area (Å²) in [6, 6.07) is -0.169. The van der Waals surface area contributed by atoms with Crippen LogP contribution in [0.25, 0.3) is 0 Å². The molecule has 0 saturated heterocycles. The van der Waals surface area contributed by atoms with Gasteiger partial charge in [-0.1, -0.05) is 13.8 Å². The first kappa shape index (κ1) is 14.6. The fraction of sp³-hybridized carbons (Fsp3) is 0.583. The largest absolute Gasteiger partial charge is 0.481 e. The van der Waals surface area contributed by atoms with Gasteiger partial charge >= 0.3 is 5.97 Å². The minimum atomic E-state index is -0.855. The van der Waals surface area contributed by atoms with Crippen LogP contribution in [0.5, 0.6) is 0 Å². The molecule has 1 aromatic rings. The molecule has 0 aromatic carbocycles. The maximum absolute atomic E-state index is 11.8. The third kappa shape index (κ3) is 4.44. The van der Waals surface area contributed by atoms with Crippen LogP contribution in [0.1, 0.15) is 55.0 Å². The molecule has 0 bridgehead atoms. The van der Waals surface area contributed by atoms with E-state index < -0.39 is 5.97 Å². The Morgan fingerprint density at radius 3 is 2.61 bits per heavy atom. The molecule has 0 fully saturated rings. The SMILES string of the molecule is CC(CCC(=O)O)NC(=O)c1csc(C(C)C)n1. The van der Waals surface area contributed by atoms with Gasteiger partial charge in [0.1, 0.15) is 5.69 Å². The van der Waals surface area contributed by atoms with Crippen molar-refractivity contribution < 1.29 is 14.7 Å². The number of carbonyl (C=O) groups excluding carboxylic acids is 1. The van der Waals surface area contributed by atoms with Crippen molar-refractivity contribution in [2.75, 3.05) is 0 Å². The molecule has 1 amide bonds. The van der Waals surface area contributed by atoms with Gasteiger partial charge in [-0.2, -0.15) is 0 Å². The number of carboxylic acid groups (broad SMARTS) is 1. The zero-order valence-corrected chi connectivity index (χ0v) is 11.6. The van der Waals surface area contributed by atoms with Crippen LogP contribution in [0.4, 0.5) is 0 Å². The number of aromatic nitrogens is 1. The van der Waals surface area contributed by atoms with E-state index in [0.29, 0.717) is 18.0 Å². The standard InChI is InChI=1S/C12H18N2O3S/c1-7(2)12-14-9(6-18-12)11(17)13-8(3)4-5-10(15)16/h6-8H,4-5H2,1-3H3,(H,13,17)(H,15,16). The van der Waals surface area contributed by atoms with Gasteiger partial charge in [-0.25, -0.2) is 4.98 Å². The fourth-order valence-electron chi connectivity index (χ4n) is 1.37. The van der Waals surface area contributed by atoms with E-state index in [1.54, 1.807) is 12.3 Å². The lowest BCUT2D eigenvalue weighted by atomic mass is 10.2. The van der Waals surface area contributed by atoms with Gasteiger partial charge in [0, 0.05) is 23.8 Å². The van der Waals surface area contributed by atoms with Crippen LogP contribution in [-0.4, -0.2) is 28.0 Å². The lowest BCUT2D eigenvalue weighted by Crippen LogP contribution is -2.33. The molecular formula is C12H18N2O3S. The van der Waals surface area contributed by atoms with E-state index in [1.807, 2.05) is 13.8 Å². The van der Waals surface area contributed by atoms with Crippen molar-refractivity contribution >= 4 is 23.2 Å². The summed E-state index contributed by atoms with van der Waals surface area (Å²) in [6.07, 6.45) is 0.470. The number of aliphatic carboxylic acids is 1. The Labute approximate surface area is 110 Å². The second-order valence-electron chi connectivity index (χ2n) is 4.53. The van der Waals surface area contributed by atoms with Gasteiger partial charge in [-0.05, 0) is 13.3 Å². The topological polar surface area (TPSA) is 79.3 Å². The molecule has 1 rings (SSSR count). The highest BCUT2D eigenvalue weighted by molar-refractivity contribution is 7.09. The van der Waals surface area contributed by atoms with Gasteiger partial charge in [0.15, 0.2) is 0 Å². The Bertz CT molecular complexity index is 429. The molecule has 100 valence electrons. The monoisotopic (exact) mass is 270 g/mol. The van der Waals surface area contributed by atoms with Gasteiger partial charge in [-0.3, -0.25) is 9.59 Å². The first-order chi connectivity index (χ1) is 8.40. The van der Waals surface area contributed by atoms with Crippen LogP contribution in [-0.2, 0) is 4.79 Å². The number of thiazole rings is 1. The smallest absolute Gasteiger partial charge is 0.303 e. The summed E-state index contributed by atoms with van der Waals surface area (Å²) in [6.45, 7) is 5.84. The number of hydrogen-bond donors (Lipinski definition) is 2. The van der Waals surface area contributed by atoms with Crippen LogP contribution in [0.3, 0.4) is 0 Å². The molecule has 0 aliphatic rings. The summed E-state index contributed by atoms with van der Waals surface area (Å²) in [7, 11) is 0. The van der Waals surface area contributed by atoms with Crippen molar-refractivity contribution in [3.8, 4) is 0 Å². The van der Waals surface area contributed by atoms with Crippen molar-refractivity contribution in [1.29, 1.82) is 0 Å². The highest BCUT2D eigenvalue weighted by atomic mass is 32.1. The molecule has 1 unspecified atom stereocenters. The van der Waals surface area contributed by atoms with E-state index >= 15 is 0 Å². The van der Waals surface area contributed by atoms with Crippen LogP contribution >= 0.6 is 11.3 Å². The zero-order chi connectivity index (χ0) is 13.7. The number of hydrogen-bond acceptors (Lipinski definition) is 4. The Morgan fingerprint density at radius 1 is 1.44 bits per heavy atom. The molecule has 0 aliphatic heterocycles. The molecular weight excluding hydrogens is 252 g/mol.